The van der Waals surface area contributed by atoms with Gasteiger partial charge in [0.1, 0.15) is 0 Å². The first-order valence-electron chi connectivity index (χ1n) is 5.43. The minimum absolute atomic E-state index is 0.00268. The van der Waals surface area contributed by atoms with E-state index in [2.05, 4.69) is 24.1 Å². The second-order valence-electron chi connectivity index (χ2n) is 4.04. The number of hydrogen-bond donors (Lipinski definition) is 1. The zero-order valence-corrected chi connectivity index (χ0v) is 11.4. The van der Waals surface area contributed by atoms with Gasteiger partial charge in [0, 0.05) is 10.3 Å². The number of carbonyl (C=O) groups excluding carboxylic acids is 1. The number of hydrogen-bond acceptors (Lipinski definition) is 4. The summed E-state index contributed by atoms with van der Waals surface area (Å²) in [6, 6.07) is 3.92. The Bertz CT molecular complexity index is 488. The standard InChI is InChI=1S/C12H14N2OS2/c1-8(2)10-7-17-12(13-10)14-11(15)6-9-4-3-5-16-9/h3-5,7-8H,6H2,1-2H3,(H,13,14,15). The molecule has 0 bridgehead atoms. The van der Waals surface area contributed by atoms with E-state index in [0.717, 1.165) is 10.6 Å². The summed E-state index contributed by atoms with van der Waals surface area (Å²) in [4.78, 5) is 17.2. The van der Waals surface area contributed by atoms with Crippen LogP contribution in [0.5, 0.6) is 0 Å². The van der Waals surface area contributed by atoms with Gasteiger partial charge in [-0.05, 0) is 17.4 Å². The zero-order valence-electron chi connectivity index (χ0n) is 9.77. The molecule has 1 amide bonds. The molecule has 2 heterocycles. The lowest BCUT2D eigenvalue weighted by Crippen LogP contribution is -2.13. The van der Waals surface area contributed by atoms with Crippen molar-refractivity contribution >= 4 is 33.7 Å². The second-order valence-corrected chi connectivity index (χ2v) is 5.93. The molecule has 0 aliphatic carbocycles. The molecule has 0 radical (unpaired) electrons. The van der Waals surface area contributed by atoms with Crippen LogP contribution in [0.15, 0.2) is 22.9 Å². The topological polar surface area (TPSA) is 42.0 Å². The molecule has 2 aromatic heterocycles. The number of amides is 1. The summed E-state index contributed by atoms with van der Waals surface area (Å²) in [5, 5.41) is 7.49. The minimum atomic E-state index is -0.00268. The highest BCUT2D eigenvalue weighted by Gasteiger charge is 2.09. The summed E-state index contributed by atoms with van der Waals surface area (Å²) < 4.78 is 0. The van der Waals surface area contributed by atoms with E-state index in [4.69, 9.17) is 0 Å². The first kappa shape index (κ1) is 12.3. The van der Waals surface area contributed by atoms with Crippen molar-refractivity contribution < 1.29 is 4.79 Å². The zero-order chi connectivity index (χ0) is 12.3. The smallest absolute Gasteiger partial charge is 0.231 e. The molecule has 0 saturated carbocycles. The first-order chi connectivity index (χ1) is 8.15. The van der Waals surface area contributed by atoms with E-state index in [1.54, 1.807) is 11.3 Å². The van der Waals surface area contributed by atoms with Crippen LogP contribution in [-0.2, 0) is 11.2 Å². The lowest BCUT2D eigenvalue weighted by atomic mass is 10.2. The van der Waals surface area contributed by atoms with Crippen LogP contribution < -0.4 is 5.32 Å². The van der Waals surface area contributed by atoms with Crippen LogP contribution in [0.25, 0.3) is 0 Å². The van der Waals surface area contributed by atoms with E-state index >= 15 is 0 Å². The number of thiophene rings is 1. The summed E-state index contributed by atoms with van der Waals surface area (Å²) in [5.41, 5.74) is 1.03. The van der Waals surface area contributed by atoms with Crippen molar-refractivity contribution in [1.82, 2.24) is 4.98 Å². The number of anilines is 1. The molecule has 0 fully saturated rings. The van der Waals surface area contributed by atoms with Crippen molar-refractivity contribution in [3.8, 4) is 0 Å². The maximum absolute atomic E-state index is 11.7. The number of carbonyl (C=O) groups is 1. The molecule has 0 atom stereocenters. The van der Waals surface area contributed by atoms with Crippen LogP contribution in [0.3, 0.4) is 0 Å². The Hall–Kier alpha value is -1.20. The summed E-state index contributed by atoms with van der Waals surface area (Å²) in [6.45, 7) is 4.18. The van der Waals surface area contributed by atoms with E-state index in [-0.39, 0.29) is 5.91 Å². The van der Waals surface area contributed by atoms with Crippen molar-refractivity contribution in [3.63, 3.8) is 0 Å². The van der Waals surface area contributed by atoms with Gasteiger partial charge in [-0.25, -0.2) is 4.98 Å². The molecule has 1 N–H and O–H groups in total. The van der Waals surface area contributed by atoms with E-state index in [9.17, 15) is 4.79 Å². The van der Waals surface area contributed by atoms with E-state index in [0.29, 0.717) is 17.5 Å². The number of nitrogens with zero attached hydrogens (tertiary/aromatic N) is 1. The SMILES string of the molecule is CC(C)c1csc(NC(=O)Cc2cccs2)n1. The maximum atomic E-state index is 11.7. The van der Waals surface area contributed by atoms with Crippen LogP contribution in [-0.4, -0.2) is 10.9 Å². The molecule has 0 aliphatic rings. The summed E-state index contributed by atoms with van der Waals surface area (Å²) in [6.07, 6.45) is 0.425. The Labute approximate surface area is 109 Å². The van der Waals surface area contributed by atoms with Crippen LogP contribution in [0, 0.1) is 0 Å². The molecule has 0 aliphatic heterocycles. The molecule has 0 saturated heterocycles. The molecule has 5 heteroatoms. The van der Waals surface area contributed by atoms with Gasteiger partial charge in [-0.3, -0.25) is 4.79 Å². The van der Waals surface area contributed by atoms with Gasteiger partial charge in [-0.1, -0.05) is 19.9 Å². The van der Waals surface area contributed by atoms with Gasteiger partial charge in [0.15, 0.2) is 5.13 Å². The Balaban J connectivity index is 1.93. The molecule has 3 nitrogen and oxygen atoms in total. The quantitative estimate of drug-likeness (QED) is 0.920. The Morgan fingerprint density at radius 2 is 2.29 bits per heavy atom. The Kier molecular flexibility index (Phi) is 3.91. The normalized spacial score (nSPS) is 10.8. The van der Waals surface area contributed by atoms with Crippen molar-refractivity contribution in [1.29, 1.82) is 0 Å². The van der Waals surface area contributed by atoms with Crippen molar-refractivity contribution in [3.05, 3.63) is 33.5 Å². The van der Waals surface area contributed by atoms with Gasteiger partial charge in [0.05, 0.1) is 12.1 Å². The number of thiazole rings is 1. The van der Waals surface area contributed by atoms with Gasteiger partial charge in [0.2, 0.25) is 5.91 Å². The molecule has 0 spiro atoms. The fraction of sp³-hybridized carbons (Fsp3) is 0.333. The highest BCUT2D eigenvalue weighted by molar-refractivity contribution is 7.14. The van der Waals surface area contributed by atoms with Crippen LogP contribution >= 0.6 is 22.7 Å². The number of aromatic nitrogens is 1. The lowest BCUT2D eigenvalue weighted by molar-refractivity contribution is -0.115. The van der Waals surface area contributed by atoms with Gasteiger partial charge in [0.25, 0.3) is 0 Å². The fourth-order valence-corrected chi connectivity index (χ4v) is 2.94. The number of nitrogens with one attached hydrogen (secondary N) is 1. The highest BCUT2D eigenvalue weighted by atomic mass is 32.1. The summed E-state index contributed by atoms with van der Waals surface area (Å²) >= 11 is 3.07. The lowest BCUT2D eigenvalue weighted by Gasteiger charge is -2.00. The summed E-state index contributed by atoms with van der Waals surface area (Å²) in [5.74, 6) is 0.395. The summed E-state index contributed by atoms with van der Waals surface area (Å²) in [7, 11) is 0. The van der Waals surface area contributed by atoms with Gasteiger partial charge >= 0.3 is 0 Å². The molecule has 2 rings (SSSR count). The van der Waals surface area contributed by atoms with Gasteiger partial charge in [-0.15, -0.1) is 22.7 Å². The maximum Gasteiger partial charge on any atom is 0.231 e. The Morgan fingerprint density at radius 1 is 1.47 bits per heavy atom. The predicted molar refractivity (Wildman–Crippen MR) is 72.9 cm³/mol. The van der Waals surface area contributed by atoms with Crippen molar-refractivity contribution in [2.45, 2.75) is 26.2 Å². The van der Waals surface area contributed by atoms with Crippen LogP contribution in [0.4, 0.5) is 5.13 Å². The second kappa shape index (κ2) is 5.42. The highest BCUT2D eigenvalue weighted by Crippen LogP contribution is 2.21. The molecule has 2 aromatic rings. The number of rotatable bonds is 4. The van der Waals surface area contributed by atoms with E-state index in [1.165, 1.54) is 11.3 Å². The molecule has 17 heavy (non-hydrogen) atoms. The van der Waals surface area contributed by atoms with E-state index in [1.807, 2.05) is 22.9 Å². The molecule has 0 unspecified atom stereocenters. The third-order valence-corrected chi connectivity index (χ3v) is 3.93. The first-order valence-corrected chi connectivity index (χ1v) is 7.18. The predicted octanol–water partition coefficient (Wildman–Crippen LogP) is 3.51. The van der Waals surface area contributed by atoms with Gasteiger partial charge < -0.3 is 5.32 Å². The fourth-order valence-electron chi connectivity index (χ4n) is 1.34. The average Bonchev–Trinajstić information content (AvgIpc) is 2.88. The largest absolute Gasteiger partial charge is 0.302 e. The van der Waals surface area contributed by atoms with Crippen LogP contribution in [0.1, 0.15) is 30.3 Å². The molecular weight excluding hydrogens is 252 g/mol. The third-order valence-electron chi connectivity index (χ3n) is 2.27. The van der Waals surface area contributed by atoms with Gasteiger partial charge in [-0.2, -0.15) is 0 Å². The minimum Gasteiger partial charge on any atom is -0.302 e. The van der Waals surface area contributed by atoms with E-state index < -0.39 is 0 Å². The third kappa shape index (κ3) is 3.38. The Morgan fingerprint density at radius 3 is 2.88 bits per heavy atom. The monoisotopic (exact) mass is 266 g/mol. The molecular formula is C12H14N2OS2. The molecule has 90 valence electrons. The average molecular weight is 266 g/mol. The van der Waals surface area contributed by atoms with Crippen molar-refractivity contribution in [2.75, 3.05) is 5.32 Å². The van der Waals surface area contributed by atoms with Crippen LogP contribution in [0.2, 0.25) is 0 Å². The molecule has 0 aromatic carbocycles. The van der Waals surface area contributed by atoms with Crippen molar-refractivity contribution in [2.24, 2.45) is 0 Å².